The predicted molar refractivity (Wildman–Crippen MR) is 142 cm³/mol. The number of carbonyl (C=O) groups excluding carboxylic acids is 1. The number of aromatic nitrogens is 1. The number of hydrogen-bond donors (Lipinski definition) is 1. The number of piperidine rings is 1. The van der Waals surface area contributed by atoms with Crippen LogP contribution in [-0.2, 0) is 17.6 Å². The molecule has 186 valence electrons. The summed E-state index contributed by atoms with van der Waals surface area (Å²) in [7, 11) is 2.22. The highest BCUT2D eigenvalue weighted by molar-refractivity contribution is 5.84. The Labute approximate surface area is 209 Å². The Kier molecular flexibility index (Phi) is 7.43. The number of amides is 1. The van der Waals surface area contributed by atoms with Crippen LogP contribution >= 0.6 is 0 Å². The third-order valence-electron chi connectivity index (χ3n) is 8.17. The lowest BCUT2D eigenvalue weighted by Gasteiger charge is -2.44. The molecule has 3 heterocycles. The van der Waals surface area contributed by atoms with Gasteiger partial charge in [-0.25, -0.2) is 0 Å². The number of nitrogens with one attached hydrogen (secondary N) is 1. The molecular weight excluding hydrogens is 434 g/mol. The van der Waals surface area contributed by atoms with Gasteiger partial charge in [0.25, 0.3) is 0 Å². The maximum atomic E-state index is 13.1. The van der Waals surface area contributed by atoms with Gasteiger partial charge in [-0.15, -0.1) is 0 Å². The molecule has 3 aromatic rings. The van der Waals surface area contributed by atoms with E-state index in [1.165, 1.54) is 35.8 Å². The Morgan fingerprint density at radius 1 is 1.00 bits per heavy atom. The first-order valence-corrected chi connectivity index (χ1v) is 13.3. The fourth-order valence-corrected chi connectivity index (χ4v) is 6.09. The molecule has 1 amide bonds. The van der Waals surface area contributed by atoms with Crippen LogP contribution in [-0.4, -0.2) is 60.5 Å². The summed E-state index contributed by atoms with van der Waals surface area (Å²) in [5.74, 6) is 1.35. The van der Waals surface area contributed by atoms with Crippen molar-refractivity contribution in [1.29, 1.82) is 0 Å². The molecule has 5 rings (SSSR count). The van der Waals surface area contributed by atoms with E-state index < -0.39 is 0 Å². The predicted octanol–water partition coefficient (Wildman–Crippen LogP) is 5.45. The zero-order valence-electron chi connectivity index (χ0n) is 21.1. The molecular formula is C30H39N3O2. The average molecular weight is 474 g/mol. The van der Waals surface area contributed by atoms with E-state index in [0.29, 0.717) is 17.7 Å². The van der Waals surface area contributed by atoms with Crippen molar-refractivity contribution >= 4 is 16.8 Å². The number of rotatable bonds is 3. The molecule has 5 nitrogen and oxygen atoms in total. The summed E-state index contributed by atoms with van der Waals surface area (Å²) in [6, 6.07) is 16.8. The molecule has 2 aliphatic rings. The second-order valence-electron chi connectivity index (χ2n) is 10.6. The number of carbonyl (C=O) groups is 1. The van der Waals surface area contributed by atoms with Crippen molar-refractivity contribution in [2.45, 2.75) is 51.4 Å². The largest absolute Gasteiger partial charge is 0.492 e. The van der Waals surface area contributed by atoms with E-state index >= 15 is 0 Å². The van der Waals surface area contributed by atoms with Crippen molar-refractivity contribution in [2.24, 2.45) is 5.41 Å². The highest BCUT2D eigenvalue weighted by atomic mass is 16.5. The number of aryl methyl sites for hydroxylation is 2. The molecule has 1 saturated heterocycles. The first kappa shape index (κ1) is 23.9. The highest BCUT2D eigenvalue weighted by Crippen LogP contribution is 2.38. The molecule has 0 atom stereocenters. The van der Waals surface area contributed by atoms with Crippen molar-refractivity contribution in [2.75, 3.05) is 39.8 Å². The van der Waals surface area contributed by atoms with Gasteiger partial charge in [0.1, 0.15) is 12.4 Å². The number of nitrogens with zero attached hydrogens (tertiary/aromatic N) is 2. The smallest absolute Gasteiger partial charge is 0.222 e. The van der Waals surface area contributed by atoms with Gasteiger partial charge in [0.2, 0.25) is 5.91 Å². The third-order valence-corrected chi connectivity index (χ3v) is 8.17. The van der Waals surface area contributed by atoms with E-state index in [2.05, 4.69) is 70.5 Å². The zero-order chi connectivity index (χ0) is 24.1. The number of ether oxygens (including phenoxy) is 1. The molecule has 0 aliphatic carbocycles. The van der Waals surface area contributed by atoms with Crippen LogP contribution < -0.4 is 4.74 Å². The first-order valence-electron chi connectivity index (χ1n) is 13.3. The second kappa shape index (κ2) is 10.9. The maximum Gasteiger partial charge on any atom is 0.222 e. The van der Waals surface area contributed by atoms with Gasteiger partial charge in [-0.05, 0) is 74.2 Å². The number of aromatic amines is 1. The number of likely N-dealkylation sites (N-methyl/N-ethyl adjacent to an activating group) is 1. The van der Waals surface area contributed by atoms with Crippen molar-refractivity contribution in [3.05, 3.63) is 65.9 Å². The van der Waals surface area contributed by atoms with Crippen molar-refractivity contribution in [3.63, 3.8) is 0 Å². The minimum Gasteiger partial charge on any atom is -0.492 e. The summed E-state index contributed by atoms with van der Waals surface area (Å²) >= 11 is 0. The zero-order valence-corrected chi connectivity index (χ0v) is 21.1. The Balaban J connectivity index is 1.17. The lowest BCUT2D eigenvalue weighted by molar-refractivity contribution is -0.133. The van der Waals surface area contributed by atoms with Gasteiger partial charge in [-0.2, -0.15) is 0 Å². The van der Waals surface area contributed by atoms with E-state index in [-0.39, 0.29) is 0 Å². The molecule has 1 aromatic heterocycles. The van der Waals surface area contributed by atoms with Gasteiger partial charge in [-0.1, -0.05) is 42.8 Å². The summed E-state index contributed by atoms with van der Waals surface area (Å²) in [5, 5.41) is 1.24. The van der Waals surface area contributed by atoms with E-state index in [4.69, 9.17) is 4.74 Å². The Bertz CT molecular complexity index is 1130. The molecule has 0 unspecified atom stereocenters. The van der Waals surface area contributed by atoms with Crippen LogP contribution in [0.3, 0.4) is 0 Å². The molecule has 5 heteroatoms. The van der Waals surface area contributed by atoms with E-state index in [0.717, 1.165) is 69.7 Å². The molecule has 0 bridgehead atoms. The minimum absolute atomic E-state index is 0.302. The molecule has 1 N–H and O–H groups in total. The van der Waals surface area contributed by atoms with Gasteiger partial charge in [0.15, 0.2) is 0 Å². The molecule has 0 saturated carbocycles. The average Bonchev–Trinajstić information content (AvgIpc) is 3.29. The van der Waals surface area contributed by atoms with Crippen LogP contribution in [0.4, 0.5) is 0 Å². The van der Waals surface area contributed by atoms with Crippen LogP contribution in [0.2, 0.25) is 0 Å². The lowest BCUT2D eigenvalue weighted by atomic mass is 9.73. The van der Waals surface area contributed by atoms with E-state index in [9.17, 15) is 4.79 Å². The van der Waals surface area contributed by atoms with Crippen LogP contribution in [0.5, 0.6) is 5.75 Å². The monoisotopic (exact) mass is 473 g/mol. The maximum absolute atomic E-state index is 13.1. The second-order valence-corrected chi connectivity index (χ2v) is 10.6. The Morgan fingerprint density at radius 3 is 2.69 bits per heavy atom. The standard InChI is InChI=1S/C30H39N3O2/c1-32-20-21-35-28-12-5-2-8-24(28)9-6-7-15-30(23-32)16-18-33(19-17-30)29(34)14-13-25-22-31-27-11-4-3-10-26(25)27/h2-5,8,10-12,22,31H,6-7,9,13-21,23H2,1H3. The minimum atomic E-state index is 0.302. The normalized spacial score (nSPS) is 19.5. The number of para-hydroxylation sites is 2. The number of benzene rings is 2. The quantitative estimate of drug-likeness (QED) is 0.551. The Morgan fingerprint density at radius 2 is 1.80 bits per heavy atom. The van der Waals surface area contributed by atoms with Gasteiger partial charge in [0, 0.05) is 49.7 Å². The molecule has 2 aliphatic heterocycles. The van der Waals surface area contributed by atoms with E-state index in [1.807, 2.05) is 6.07 Å². The van der Waals surface area contributed by atoms with Crippen LogP contribution in [0, 0.1) is 5.41 Å². The number of hydrogen-bond acceptors (Lipinski definition) is 3. The number of likely N-dealkylation sites (tertiary alicyclic amines) is 1. The highest BCUT2D eigenvalue weighted by Gasteiger charge is 2.36. The summed E-state index contributed by atoms with van der Waals surface area (Å²) in [6.07, 6.45) is 10.4. The van der Waals surface area contributed by atoms with Gasteiger partial charge in [-0.3, -0.25) is 4.79 Å². The van der Waals surface area contributed by atoms with Crippen molar-refractivity contribution < 1.29 is 9.53 Å². The van der Waals surface area contributed by atoms with Crippen LogP contribution in [0.15, 0.2) is 54.7 Å². The van der Waals surface area contributed by atoms with Crippen molar-refractivity contribution in [3.8, 4) is 5.75 Å². The number of fused-ring (bicyclic) bond motifs is 2. The first-order chi connectivity index (χ1) is 17.1. The van der Waals surface area contributed by atoms with E-state index in [1.54, 1.807) is 0 Å². The summed E-state index contributed by atoms with van der Waals surface area (Å²) in [5.41, 5.74) is 4.03. The number of H-pyrrole nitrogens is 1. The van der Waals surface area contributed by atoms with Gasteiger partial charge < -0.3 is 19.5 Å². The third kappa shape index (κ3) is 5.72. The fourth-order valence-electron chi connectivity index (χ4n) is 6.09. The molecule has 35 heavy (non-hydrogen) atoms. The SMILES string of the molecule is CN1CCOc2ccccc2CCCCC2(CCN(C(=O)CCc3c[nH]c4ccccc34)CC2)C1. The molecule has 1 spiro atoms. The molecule has 1 fully saturated rings. The van der Waals surface area contributed by atoms with Crippen molar-refractivity contribution in [1.82, 2.24) is 14.8 Å². The fraction of sp³-hybridized carbons (Fsp3) is 0.500. The molecule has 2 aromatic carbocycles. The molecule has 0 radical (unpaired) electrons. The topological polar surface area (TPSA) is 48.6 Å². The summed E-state index contributed by atoms with van der Waals surface area (Å²) in [4.78, 5) is 21.0. The summed E-state index contributed by atoms with van der Waals surface area (Å²) in [6.45, 7) is 4.53. The van der Waals surface area contributed by atoms with Gasteiger partial charge in [0.05, 0.1) is 0 Å². The van der Waals surface area contributed by atoms with Crippen LogP contribution in [0.1, 0.15) is 49.7 Å². The Hall–Kier alpha value is -2.79. The van der Waals surface area contributed by atoms with Gasteiger partial charge >= 0.3 is 0 Å². The lowest BCUT2D eigenvalue weighted by Crippen LogP contribution is -2.48. The summed E-state index contributed by atoms with van der Waals surface area (Å²) < 4.78 is 6.14. The van der Waals surface area contributed by atoms with Crippen LogP contribution in [0.25, 0.3) is 10.9 Å².